The van der Waals surface area contributed by atoms with Crippen molar-refractivity contribution in [2.24, 2.45) is 12.5 Å². The number of hydrogen-bond acceptors (Lipinski definition) is 4. The molecule has 2 aromatic rings. The second kappa shape index (κ2) is 6.29. The van der Waals surface area contributed by atoms with Gasteiger partial charge in [0, 0.05) is 26.1 Å². The van der Waals surface area contributed by atoms with Gasteiger partial charge in [-0.2, -0.15) is 0 Å². The topological polar surface area (TPSA) is 63.1 Å². The lowest BCUT2D eigenvalue weighted by Crippen LogP contribution is -2.35. The van der Waals surface area contributed by atoms with Gasteiger partial charge in [-0.25, -0.2) is 4.39 Å². The monoisotopic (exact) mass is 383 g/mol. The molecule has 2 unspecified atom stereocenters. The number of hydrogen-bond donors (Lipinski definition) is 1. The van der Waals surface area contributed by atoms with Crippen molar-refractivity contribution in [2.75, 3.05) is 16.8 Å². The normalized spacial score (nSPS) is 25.1. The molecule has 148 valence electrons. The zero-order valence-corrected chi connectivity index (χ0v) is 16.4. The number of carbonyl (C=O) groups is 1. The summed E-state index contributed by atoms with van der Waals surface area (Å²) in [5, 5.41) is 11.6. The van der Waals surface area contributed by atoms with Gasteiger partial charge in [-0.05, 0) is 42.7 Å². The number of benzene rings is 1. The lowest BCUT2D eigenvalue weighted by atomic mass is 9.67. The number of fused-ring (bicyclic) bond motifs is 1. The Kier molecular flexibility index (Phi) is 3.96. The number of aromatic nitrogens is 3. The minimum atomic E-state index is -0.431. The standard InChI is InChI=1S/C21H26FN5O/c1-3-13-11-21(8-5-9-21)12-27(13)20-25-24-17(26(20)2)10-15-14-6-4-7-16(22)18(14)23-19(15)28/h4,6-7,13,15H,3,5,8-12H2,1-2H3,(H,23,28). The van der Waals surface area contributed by atoms with E-state index in [0.29, 0.717) is 29.1 Å². The molecule has 5 rings (SSSR count). The van der Waals surface area contributed by atoms with Gasteiger partial charge < -0.3 is 14.8 Å². The molecule has 3 heterocycles. The summed E-state index contributed by atoms with van der Waals surface area (Å²) < 4.78 is 16.0. The van der Waals surface area contributed by atoms with Crippen molar-refractivity contribution in [2.45, 2.75) is 57.4 Å². The summed E-state index contributed by atoms with van der Waals surface area (Å²) in [6.07, 6.45) is 6.72. The van der Waals surface area contributed by atoms with Gasteiger partial charge in [0.1, 0.15) is 11.6 Å². The third-order valence-electron chi connectivity index (χ3n) is 7.07. The lowest BCUT2D eigenvalue weighted by Gasteiger charge is -2.38. The minimum absolute atomic E-state index is 0.175. The molecule has 28 heavy (non-hydrogen) atoms. The van der Waals surface area contributed by atoms with Crippen molar-refractivity contribution in [3.05, 3.63) is 35.4 Å². The number of halogens is 1. The molecule has 1 spiro atoms. The highest BCUT2D eigenvalue weighted by molar-refractivity contribution is 6.03. The van der Waals surface area contributed by atoms with Crippen LogP contribution in [-0.2, 0) is 18.3 Å². The van der Waals surface area contributed by atoms with E-state index in [4.69, 9.17) is 0 Å². The van der Waals surface area contributed by atoms with Crippen molar-refractivity contribution >= 4 is 17.5 Å². The van der Waals surface area contributed by atoms with Crippen LogP contribution in [0.15, 0.2) is 18.2 Å². The maximum atomic E-state index is 14.0. The van der Waals surface area contributed by atoms with E-state index >= 15 is 0 Å². The molecule has 1 saturated heterocycles. The van der Waals surface area contributed by atoms with E-state index in [9.17, 15) is 9.18 Å². The highest BCUT2D eigenvalue weighted by atomic mass is 19.1. The summed E-state index contributed by atoms with van der Waals surface area (Å²) in [5.41, 5.74) is 1.47. The van der Waals surface area contributed by atoms with Crippen molar-refractivity contribution < 1.29 is 9.18 Å². The van der Waals surface area contributed by atoms with Gasteiger partial charge in [0.2, 0.25) is 11.9 Å². The number of para-hydroxylation sites is 1. The Morgan fingerprint density at radius 3 is 2.86 bits per heavy atom. The predicted octanol–water partition coefficient (Wildman–Crippen LogP) is 3.39. The van der Waals surface area contributed by atoms with Gasteiger partial charge in [-0.15, -0.1) is 10.2 Å². The first kappa shape index (κ1) is 17.6. The van der Waals surface area contributed by atoms with Crippen LogP contribution in [0.5, 0.6) is 0 Å². The van der Waals surface area contributed by atoms with Crippen LogP contribution in [0.25, 0.3) is 0 Å². The Hall–Kier alpha value is -2.44. The number of nitrogens with one attached hydrogen (secondary N) is 1. The van der Waals surface area contributed by atoms with Crippen molar-refractivity contribution in [1.29, 1.82) is 0 Å². The van der Waals surface area contributed by atoms with Crippen LogP contribution in [0.3, 0.4) is 0 Å². The van der Waals surface area contributed by atoms with Crippen LogP contribution < -0.4 is 10.2 Å². The number of rotatable bonds is 4. The maximum absolute atomic E-state index is 14.0. The molecule has 3 aliphatic rings. The van der Waals surface area contributed by atoms with Crippen LogP contribution in [-0.4, -0.2) is 33.3 Å². The quantitative estimate of drug-likeness (QED) is 0.879. The van der Waals surface area contributed by atoms with Gasteiger partial charge in [0.05, 0.1) is 11.6 Å². The van der Waals surface area contributed by atoms with Crippen molar-refractivity contribution in [3.63, 3.8) is 0 Å². The Morgan fingerprint density at radius 1 is 1.32 bits per heavy atom. The molecule has 2 fully saturated rings. The lowest BCUT2D eigenvalue weighted by molar-refractivity contribution is -0.117. The average molecular weight is 383 g/mol. The maximum Gasteiger partial charge on any atom is 0.232 e. The Balaban J connectivity index is 1.41. The molecular weight excluding hydrogens is 357 g/mol. The largest absolute Gasteiger partial charge is 0.337 e. The van der Waals surface area contributed by atoms with Crippen molar-refractivity contribution in [3.8, 4) is 0 Å². The third kappa shape index (κ3) is 2.55. The van der Waals surface area contributed by atoms with Gasteiger partial charge in [-0.3, -0.25) is 4.79 Å². The summed E-state index contributed by atoms with van der Waals surface area (Å²) in [6.45, 7) is 3.29. The van der Waals surface area contributed by atoms with Crippen LogP contribution in [0.1, 0.15) is 56.3 Å². The average Bonchev–Trinajstić information content (AvgIpc) is 3.31. The Morgan fingerprint density at radius 2 is 2.14 bits per heavy atom. The van der Waals surface area contributed by atoms with Gasteiger partial charge in [0.25, 0.3) is 0 Å². The number of carbonyl (C=O) groups excluding carboxylic acids is 1. The Labute approximate surface area is 164 Å². The molecule has 1 aromatic carbocycles. The molecule has 1 saturated carbocycles. The fraction of sp³-hybridized carbons (Fsp3) is 0.571. The second-order valence-electron chi connectivity index (χ2n) is 8.67. The van der Waals surface area contributed by atoms with Gasteiger partial charge in [-0.1, -0.05) is 25.5 Å². The first-order valence-electron chi connectivity index (χ1n) is 10.3. The zero-order chi connectivity index (χ0) is 19.5. The van der Waals surface area contributed by atoms with E-state index in [0.717, 1.165) is 24.7 Å². The molecule has 1 amide bonds. The summed E-state index contributed by atoms with van der Waals surface area (Å²) in [7, 11) is 1.97. The summed E-state index contributed by atoms with van der Waals surface area (Å²) in [6, 6.07) is 5.33. The minimum Gasteiger partial charge on any atom is -0.337 e. The van der Waals surface area contributed by atoms with Crippen molar-refractivity contribution in [1.82, 2.24) is 14.8 Å². The summed E-state index contributed by atoms with van der Waals surface area (Å²) in [4.78, 5) is 14.9. The summed E-state index contributed by atoms with van der Waals surface area (Å²) >= 11 is 0. The SMILES string of the molecule is CCC1CC2(CCC2)CN1c1nnc(CC2C(=O)Nc3c(F)cccc32)n1C. The second-order valence-corrected chi connectivity index (χ2v) is 8.67. The first-order chi connectivity index (χ1) is 13.5. The number of anilines is 2. The molecule has 2 aliphatic heterocycles. The molecule has 6 nitrogen and oxygen atoms in total. The van der Waals surface area contributed by atoms with Crippen LogP contribution in [0, 0.1) is 11.2 Å². The smallest absolute Gasteiger partial charge is 0.232 e. The van der Waals surface area contributed by atoms with Crippen LogP contribution in [0.2, 0.25) is 0 Å². The molecule has 7 heteroatoms. The van der Waals surface area contributed by atoms with E-state index in [1.807, 2.05) is 17.7 Å². The highest BCUT2D eigenvalue weighted by Crippen LogP contribution is 2.51. The predicted molar refractivity (Wildman–Crippen MR) is 105 cm³/mol. The van der Waals surface area contributed by atoms with Crippen LogP contribution in [0.4, 0.5) is 16.0 Å². The van der Waals surface area contributed by atoms with E-state index in [2.05, 4.69) is 27.3 Å². The van der Waals surface area contributed by atoms with E-state index in [-0.39, 0.29) is 11.7 Å². The van der Waals surface area contributed by atoms with Gasteiger partial charge >= 0.3 is 0 Å². The third-order valence-corrected chi connectivity index (χ3v) is 7.07. The Bertz CT molecular complexity index is 935. The van der Waals surface area contributed by atoms with E-state index < -0.39 is 5.92 Å². The molecule has 0 radical (unpaired) electrons. The van der Waals surface area contributed by atoms with E-state index in [1.165, 1.54) is 31.7 Å². The fourth-order valence-electron chi connectivity index (χ4n) is 5.28. The molecule has 2 atom stereocenters. The number of amides is 1. The van der Waals surface area contributed by atoms with Crippen LogP contribution >= 0.6 is 0 Å². The zero-order valence-electron chi connectivity index (χ0n) is 16.4. The van der Waals surface area contributed by atoms with E-state index in [1.54, 1.807) is 6.07 Å². The molecule has 0 bridgehead atoms. The fourth-order valence-corrected chi connectivity index (χ4v) is 5.28. The highest BCUT2D eigenvalue weighted by Gasteiger charge is 2.48. The molecule has 1 aliphatic carbocycles. The van der Waals surface area contributed by atoms with Gasteiger partial charge in [0.15, 0.2) is 0 Å². The molecule has 1 N–H and O–H groups in total. The molecular formula is C21H26FN5O. The molecule has 1 aromatic heterocycles. The summed E-state index contributed by atoms with van der Waals surface area (Å²) in [5.74, 6) is 0.659. The first-order valence-corrected chi connectivity index (χ1v) is 10.3. The number of nitrogens with zero attached hydrogens (tertiary/aromatic N) is 4.